The van der Waals surface area contributed by atoms with E-state index < -0.39 is 16.6 Å². The largest absolute Gasteiger partial charge is 0.469 e. The van der Waals surface area contributed by atoms with Crippen LogP contribution in [0.4, 0.5) is 0 Å². The minimum Gasteiger partial charge on any atom is -0.469 e. The lowest BCUT2D eigenvalue weighted by atomic mass is 9.43. The molecule has 5 heteroatoms. The number of ether oxygens (including phenoxy) is 1. The molecular formula is C21H32O5. The number of carbonyl (C=O) groups is 2. The molecule has 0 aromatic carbocycles. The predicted molar refractivity (Wildman–Crippen MR) is 97.2 cm³/mol. The normalized spacial score (nSPS) is 43.2. The Kier molecular flexibility index (Phi) is 4.44. The summed E-state index contributed by atoms with van der Waals surface area (Å²) in [6.45, 7) is 7.28. The van der Waals surface area contributed by atoms with Crippen molar-refractivity contribution in [3.05, 3.63) is 11.6 Å². The summed E-state index contributed by atoms with van der Waals surface area (Å²) in [4.78, 5) is 25.4. The van der Waals surface area contributed by atoms with Crippen molar-refractivity contribution in [2.24, 2.45) is 22.7 Å². The van der Waals surface area contributed by atoms with E-state index >= 15 is 0 Å². The number of Topliss-reactive ketones (excluding diaryl/α,β-unsaturated/α-hetero) is 1. The van der Waals surface area contributed by atoms with Crippen LogP contribution in [0.15, 0.2) is 11.6 Å². The molecule has 0 saturated heterocycles. The molecular weight excluding hydrogens is 332 g/mol. The van der Waals surface area contributed by atoms with E-state index in [1.807, 2.05) is 6.92 Å². The van der Waals surface area contributed by atoms with Gasteiger partial charge in [-0.25, -0.2) is 0 Å². The van der Waals surface area contributed by atoms with Gasteiger partial charge in [0.1, 0.15) is 0 Å². The molecule has 0 amide bonds. The maximum atomic E-state index is 12.8. The number of esters is 1. The molecule has 0 aromatic rings. The Labute approximate surface area is 155 Å². The van der Waals surface area contributed by atoms with Crippen molar-refractivity contribution in [3.63, 3.8) is 0 Å². The zero-order chi connectivity index (χ0) is 19.5. The first-order valence-corrected chi connectivity index (χ1v) is 9.68. The van der Waals surface area contributed by atoms with Crippen LogP contribution in [0.2, 0.25) is 0 Å². The molecule has 2 saturated carbocycles. The highest BCUT2D eigenvalue weighted by atomic mass is 16.5. The van der Waals surface area contributed by atoms with Gasteiger partial charge in [0.15, 0.2) is 5.78 Å². The van der Waals surface area contributed by atoms with Crippen molar-refractivity contribution >= 4 is 11.8 Å². The topological polar surface area (TPSA) is 83.8 Å². The van der Waals surface area contributed by atoms with Gasteiger partial charge in [-0.3, -0.25) is 9.59 Å². The van der Waals surface area contributed by atoms with Gasteiger partial charge in [-0.05, 0) is 63.9 Å². The number of ketones is 1. The summed E-state index contributed by atoms with van der Waals surface area (Å²) in [5.74, 6) is -0.448. The van der Waals surface area contributed by atoms with Crippen LogP contribution in [0.1, 0.15) is 66.2 Å². The van der Waals surface area contributed by atoms with Crippen molar-refractivity contribution in [1.82, 2.24) is 0 Å². The van der Waals surface area contributed by atoms with Gasteiger partial charge in [0.2, 0.25) is 0 Å². The highest BCUT2D eigenvalue weighted by Gasteiger charge is 2.63. The van der Waals surface area contributed by atoms with E-state index in [-0.39, 0.29) is 35.4 Å². The SMILES string of the molecule is COC(=O)C1(C)CCCC2(C)C3CC(=O)C(C(C)(C)O)=CC3(O)CCC12. The summed E-state index contributed by atoms with van der Waals surface area (Å²) >= 11 is 0. The third-order valence-corrected chi connectivity index (χ3v) is 7.60. The number of hydrogen-bond acceptors (Lipinski definition) is 5. The lowest BCUT2D eigenvalue weighted by Crippen LogP contribution is -2.62. The summed E-state index contributed by atoms with van der Waals surface area (Å²) in [5.41, 5.74) is -2.95. The highest BCUT2D eigenvalue weighted by Crippen LogP contribution is 2.64. The van der Waals surface area contributed by atoms with E-state index in [1.54, 1.807) is 19.9 Å². The Balaban J connectivity index is 2.05. The summed E-state index contributed by atoms with van der Waals surface area (Å²) in [5, 5.41) is 21.8. The third-order valence-electron chi connectivity index (χ3n) is 7.60. The fraction of sp³-hybridized carbons (Fsp3) is 0.810. The predicted octanol–water partition coefficient (Wildman–Crippen LogP) is 2.78. The number of carbonyl (C=O) groups excluding carboxylic acids is 2. The minimum atomic E-state index is -1.26. The summed E-state index contributed by atoms with van der Waals surface area (Å²) in [6.07, 6.45) is 5.59. The molecule has 146 valence electrons. The zero-order valence-electron chi connectivity index (χ0n) is 16.6. The van der Waals surface area contributed by atoms with Crippen LogP contribution in [0.3, 0.4) is 0 Å². The fourth-order valence-electron chi connectivity index (χ4n) is 6.30. The van der Waals surface area contributed by atoms with Crippen molar-refractivity contribution < 1.29 is 24.5 Å². The Morgan fingerprint density at radius 1 is 1.23 bits per heavy atom. The van der Waals surface area contributed by atoms with E-state index in [4.69, 9.17) is 4.74 Å². The van der Waals surface area contributed by atoms with Gasteiger partial charge < -0.3 is 14.9 Å². The van der Waals surface area contributed by atoms with Gasteiger partial charge in [0, 0.05) is 17.9 Å². The molecule has 0 radical (unpaired) electrons. The molecule has 5 nitrogen and oxygen atoms in total. The highest BCUT2D eigenvalue weighted by molar-refractivity contribution is 5.98. The van der Waals surface area contributed by atoms with Crippen molar-refractivity contribution in [1.29, 1.82) is 0 Å². The smallest absolute Gasteiger partial charge is 0.311 e. The van der Waals surface area contributed by atoms with Crippen LogP contribution in [-0.4, -0.2) is 40.3 Å². The Morgan fingerprint density at radius 2 is 1.88 bits per heavy atom. The number of hydrogen-bond donors (Lipinski definition) is 2. The molecule has 0 spiro atoms. The zero-order valence-corrected chi connectivity index (χ0v) is 16.6. The maximum Gasteiger partial charge on any atom is 0.311 e. The molecule has 0 aliphatic heterocycles. The Morgan fingerprint density at radius 3 is 2.46 bits per heavy atom. The standard InChI is InChI=1S/C21H32O5/c1-18(2,24)13-12-21(25)10-7-15-19(3,16(21)11-14(13)22)8-6-9-20(15,4)17(23)26-5/h12,15-16,24-25H,6-11H2,1-5H3. The van der Waals surface area contributed by atoms with Gasteiger partial charge in [-0.1, -0.05) is 13.3 Å². The van der Waals surface area contributed by atoms with Crippen molar-refractivity contribution in [2.45, 2.75) is 77.4 Å². The van der Waals surface area contributed by atoms with Crippen LogP contribution in [0.5, 0.6) is 0 Å². The van der Waals surface area contributed by atoms with E-state index in [9.17, 15) is 19.8 Å². The van der Waals surface area contributed by atoms with Crippen LogP contribution in [-0.2, 0) is 14.3 Å². The summed E-state index contributed by atoms with van der Waals surface area (Å²) in [7, 11) is 1.43. The quantitative estimate of drug-likeness (QED) is 0.736. The molecule has 2 fully saturated rings. The number of fused-ring (bicyclic) bond motifs is 3. The van der Waals surface area contributed by atoms with Crippen LogP contribution in [0.25, 0.3) is 0 Å². The molecule has 5 unspecified atom stereocenters. The van der Waals surface area contributed by atoms with E-state index in [1.165, 1.54) is 7.11 Å². The lowest BCUT2D eigenvalue weighted by molar-refractivity contribution is -0.189. The van der Waals surface area contributed by atoms with Gasteiger partial charge in [-0.2, -0.15) is 0 Å². The number of rotatable bonds is 2. The van der Waals surface area contributed by atoms with Crippen molar-refractivity contribution in [2.75, 3.05) is 7.11 Å². The monoisotopic (exact) mass is 364 g/mol. The average molecular weight is 364 g/mol. The second-order valence-electron chi connectivity index (χ2n) is 9.65. The summed E-state index contributed by atoms with van der Waals surface area (Å²) in [6, 6.07) is 0. The molecule has 0 heterocycles. The average Bonchev–Trinajstić information content (AvgIpc) is 2.54. The second kappa shape index (κ2) is 5.90. The van der Waals surface area contributed by atoms with Gasteiger partial charge >= 0.3 is 5.97 Å². The first-order valence-electron chi connectivity index (χ1n) is 9.68. The summed E-state index contributed by atoms with van der Waals surface area (Å²) < 4.78 is 5.12. The van der Waals surface area contributed by atoms with E-state index in [0.29, 0.717) is 18.4 Å². The molecule has 3 aliphatic rings. The molecule has 0 aromatic heterocycles. The Bertz CT molecular complexity index is 660. The fourth-order valence-corrected chi connectivity index (χ4v) is 6.30. The third kappa shape index (κ3) is 2.66. The molecule has 2 N–H and O–H groups in total. The molecule has 5 atom stereocenters. The van der Waals surface area contributed by atoms with Gasteiger partial charge in [0.05, 0.1) is 23.7 Å². The van der Waals surface area contributed by atoms with E-state index in [2.05, 4.69) is 6.92 Å². The Hall–Kier alpha value is -1.20. The van der Waals surface area contributed by atoms with Gasteiger partial charge in [0.25, 0.3) is 0 Å². The number of methoxy groups -OCH3 is 1. The molecule has 0 bridgehead atoms. The first kappa shape index (κ1) is 19.6. The van der Waals surface area contributed by atoms with Crippen molar-refractivity contribution in [3.8, 4) is 0 Å². The second-order valence-corrected chi connectivity index (χ2v) is 9.65. The van der Waals surface area contributed by atoms with Crippen LogP contribution >= 0.6 is 0 Å². The van der Waals surface area contributed by atoms with E-state index in [0.717, 1.165) is 19.3 Å². The maximum absolute atomic E-state index is 12.8. The molecule has 3 rings (SSSR count). The van der Waals surface area contributed by atoms with Crippen LogP contribution < -0.4 is 0 Å². The van der Waals surface area contributed by atoms with Gasteiger partial charge in [-0.15, -0.1) is 0 Å². The minimum absolute atomic E-state index is 0.0753. The molecule has 26 heavy (non-hydrogen) atoms. The molecule has 3 aliphatic carbocycles. The first-order chi connectivity index (χ1) is 11.9. The number of aliphatic hydroxyl groups is 2. The van der Waals surface area contributed by atoms with Crippen LogP contribution in [0, 0.1) is 22.7 Å². The lowest BCUT2D eigenvalue weighted by Gasteiger charge is -2.61.